The maximum atomic E-state index is 12.3. The summed E-state index contributed by atoms with van der Waals surface area (Å²) in [6.45, 7) is 9.29. The van der Waals surface area contributed by atoms with Gasteiger partial charge < -0.3 is 19.7 Å². The van der Waals surface area contributed by atoms with Gasteiger partial charge in [0.1, 0.15) is 0 Å². The van der Waals surface area contributed by atoms with Crippen LogP contribution in [-0.2, 0) is 25.5 Å². The van der Waals surface area contributed by atoms with Gasteiger partial charge >= 0.3 is 12.1 Å². The number of carbonyl (C=O) groups is 3. The molecule has 1 heterocycles. The highest BCUT2D eigenvalue weighted by atomic mass is 16.6. The largest absolute Gasteiger partial charge is 0.466 e. The lowest BCUT2D eigenvalue weighted by atomic mass is 9.89. The molecule has 1 aliphatic heterocycles. The van der Waals surface area contributed by atoms with Crippen LogP contribution in [0.1, 0.15) is 58.2 Å². The summed E-state index contributed by atoms with van der Waals surface area (Å²) in [4.78, 5) is 38.2. The first kappa shape index (κ1) is 24.3. The lowest BCUT2D eigenvalue weighted by Gasteiger charge is -2.39. The van der Waals surface area contributed by atoms with Gasteiger partial charge in [-0.3, -0.25) is 9.59 Å². The van der Waals surface area contributed by atoms with E-state index in [9.17, 15) is 14.4 Å². The van der Waals surface area contributed by atoms with Gasteiger partial charge in [0.05, 0.1) is 25.2 Å². The molecule has 33 heavy (non-hydrogen) atoms. The molecule has 2 unspecified atom stereocenters. The van der Waals surface area contributed by atoms with Crippen molar-refractivity contribution in [1.29, 1.82) is 0 Å². The lowest BCUT2D eigenvalue weighted by molar-refractivity contribution is -0.142. The zero-order valence-electron chi connectivity index (χ0n) is 19.9. The molecule has 0 aliphatic carbocycles. The summed E-state index contributed by atoms with van der Waals surface area (Å²) in [5, 5.41) is 2.97. The molecule has 2 aromatic carbocycles. The van der Waals surface area contributed by atoms with Gasteiger partial charge in [-0.05, 0) is 68.5 Å². The highest BCUT2D eigenvalue weighted by Gasteiger charge is 2.33. The van der Waals surface area contributed by atoms with E-state index in [-0.39, 0.29) is 36.5 Å². The van der Waals surface area contributed by atoms with Crippen molar-refractivity contribution in [2.45, 2.75) is 65.6 Å². The molecule has 7 nitrogen and oxygen atoms in total. The topological polar surface area (TPSA) is 84.9 Å². The Hall–Kier alpha value is -3.35. The highest BCUT2D eigenvalue weighted by molar-refractivity contribution is 5.94. The number of hydrogen-bond acceptors (Lipinski definition) is 5. The smallest absolute Gasteiger partial charge is 0.407 e. The first-order valence-corrected chi connectivity index (χ1v) is 11.3. The number of hydrogen-bond donors (Lipinski definition) is 1. The molecule has 0 spiro atoms. The fourth-order valence-corrected chi connectivity index (χ4v) is 4.24. The highest BCUT2D eigenvalue weighted by Crippen LogP contribution is 2.39. The summed E-state index contributed by atoms with van der Waals surface area (Å²) < 4.78 is 10.3. The van der Waals surface area contributed by atoms with Crippen LogP contribution in [0, 0.1) is 0 Å². The van der Waals surface area contributed by atoms with Gasteiger partial charge in [0.25, 0.3) is 0 Å². The van der Waals surface area contributed by atoms with E-state index in [0.29, 0.717) is 13.0 Å². The molecule has 0 saturated carbocycles. The van der Waals surface area contributed by atoms with E-state index in [1.165, 1.54) is 0 Å². The van der Waals surface area contributed by atoms with Gasteiger partial charge in [0.2, 0.25) is 5.91 Å². The van der Waals surface area contributed by atoms with E-state index in [1.807, 2.05) is 49.4 Å². The molecule has 7 heteroatoms. The minimum absolute atomic E-state index is 0.0389. The second-order valence-corrected chi connectivity index (χ2v) is 8.58. The SMILES string of the molecule is CCOC(=O)Cc1ccc(-c2ccc3c(c2)C(NC(=O)OC(C)C)CC(C)N3C(C)=O)cc1. The van der Waals surface area contributed by atoms with Crippen LogP contribution in [0.5, 0.6) is 0 Å². The third-order valence-corrected chi connectivity index (χ3v) is 5.60. The van der Waals surface area contributed by atoms with Crippen LogP contribution in [-0.4, -0.2) is 36.7 Å². The van der Waals surface area contributed by atoms with Crippen molar-refractivity contribution in [2.75, 3.05) is 11.5 Å². The summed E-state index contributed by atoms with van der Waals surface area (Å²) in [6, 6.07) is 13.3. The third-order valence-electron chi connectivity index (χ3n) is 5.60. The predicted molar refractivity (Wildman–Crippen MR) is 127 cm³/mol. The summed E-state index contributed by atoms with van der Waals surface area (Å²) in [5.41, 5.74) is 4.47. The monoisotopic (exact) mass is 452 g/mol. The van der Waals surface area contributed by atoms with Crippen molar-refractivity contribution >= 4 is 23.7 Å². The van der Waals surface area contributed by atoms with E-state index in [1.54, 1.807) is 32.6 Å². The fraction of sp³-hybridized carbons (Fsp3) is 0.423. The van der Waals surface area contributed by atoms with Gasteiger partial charge in [-0.1, -0.05) is 30.3 Å². The average Bonchev–Trinajstić information content (AvgIpc) is 2.73. The Morgan fingerprint density at radius 2 is 1.76 bits per heavy atom. The Morgan fingerprint density at radius 1 is 1.09 bits per heavy atom. The van der Waals surface area contributed by atoms with Gasteiger partial charge in [0.15, 0.2) is 0 Å². The van der Waals surface area contributed by atoms with Crippen LogP contribution in [0.2, 0.25) is 0 Å². The van der Waals surface area contributed by atoms with E-state index in [0.717, 1.165) is 27.9 Å². The van der Waals surface area contributed by atoms with E-state index >= 15 is 0 Å². The first-order chi connectivity index (χ1) is 15.7. The predicted octanol–water partition coefficient (Wildman–Crippen LogP) is 4.78. The van der Waals surface area contributed by atoms with Crippen LogP contribution in [0.15, 0.2) is 42.5 Å². The van der Waals surface area contributed by atoms with Gasteiger partial charge in [-0.15, -0.1) is 0 Å². The van der Waals surface area contributed by atoms with Crippen molar-refractivity contribution in [3.05, 3.63) is 53.6 Å². The van der Waals surface area contributed by atoms with E-state index in [2.05, 4.69) is 5.32 Å². The molecule has 0 fully saturated rings. The summed E-state index contributed by atoms with van der Waals surface area (Å²) in [7, 11) is 0. The maximum Gasteiger partial charge on any atom is 0.407 e. The number of benzene rings is 2. The van der Waals surface area contributed by atoms with Crippen molar-refractivity contribution < 1.29 is 23.9 Å². The molecule has 1 aliphatic rings. The van der Waals surface area contributed by atoms with Crippen LogP contribution >= 0.6 is 0 Å². The number of carbonyl (C=O) groups excluding carboxylic acids is 3. The number of amides is 2. The maximum absolute atomic E-state index is 12.3. The zero-order chi connectivity index (χ0) is 24.1. The summed E-state index contributed by atoms with van der Waals surface area (Å²) in [5.74, 6) is -0.289. The van der Waals surface area contributed by atoms with Crippen LogP contribution < -0.4 is 10.2 Å². The second kappa shape index (κ2) is 10.5. The number of alkyl carbamates (subject to hydrolysis) is 1. The summed E-state index contributed by atoms with van der Waals surface area (Å²) in [6.07, 6.45) is 0.118. The molecule has 1 N–H and O–H groups in total. The van der Waals surface area contributed by atoms with Crippen molar-refractivity contribution in [2.24, 2.45) is 0 Å². The Balaban J connectivity index is 1.92. The quantitative estimate of drug-likeness (QED) is 0.638. The number of esters is 1. The number of fused-ring (bicyclic) bond motifs is 1. The Morgan fingerprint density at radius 3 is 2.36 bits per heavy atom. The Kier molecular flexibility index (Phi) is 7.74. The minimum atomic E-state index is -0.474. The number of nitrogens with one attached hydrogen (secondary N) is 1. The number of rotatable bonds is 6. The zero-order valence-corrected chi connectivity index (χ0v) is 19.9. The van der Waals surface area contributed by atoms with Crippen LogP contribution in [0.3, 0.4) is 0 Å². The first-order valence-electron chi connectivity index (χ1n) is 11.3. The molecule has 0 aromatic heterocycles. The van der Waals surface area contributed by atoms with Gasteiger partial charge in [0, 0.05) is 18.7 Å². The average molecular weight is 453 g/mol. The molecule has 0 saturated heterocycles. The Bertz CT molecular complexity index is 1020. The molecule has 3 rings (SSSR count). The number of nitrogens with zero attached hydrogens (tertiary/aromatic N) is 1. The molecular weight excluding hydrogens is 420 g/mol. The second-order valence-electron chi connectivity index (χ2n) is 8.58. The third kappa shape index (κ3) is 5.92. The molecule has 176 valence electrons. The molecule has 0 radical (unpaired) electrons. The standard InChI is InChI=1S/C26H32N2O5/c1-6-32-25(30)14-19-7-9-20(10-8-19)21-11-12-24-22(15-21)23(27-26(31)33-16(2)3)13-17(4)28(24)18(5)29/h7-12,15-17,23H,6,13-14H2,1-5H3,(H,27,31). The molecule has 2 aromatic rings. The number of anilines is 1. The Labute approximate surface area is 195 Å². The van der Waals surface area contributed by atoms with Gasteiger partial charge in [-0.25, -0.2) is 4.79 Å². The lowest BCUT2D eigenvalue weighted by Crippen LogP contribution is -2.45. The normalized spacial score (nSPS) is 17.3. The minimum Gasteiger partial charge on any atom is -0.466 e. The van der Waals surface area contributed by atoms with E-state index < -0.39 is 6.09 Å². The van der Waals surface area contributed by atoms with E-state index in [4.69, 9.17) is 9.47 Å². The fourth-order valence-electron chi connectivity index (χ4n) is 4.24. The van der Waals surface area contributed by atoms with Crippen LogP contribution in [0.4, 0.5) is 10.5 Å². The van der Waals surface area contributed by atoms with Crippen molar-refractivity contribution in [3.63, 3.8) is 0 Å². The van der Waals surface area contributed by atoms with Crippen molar-refractivity contribution in [1.82, 2.24) is 5.32 Å². The molecule has 2 amide bonds. The van der Waals surface area contributed by atoms with Crippen molar-refractivity contribution in [3.8, 4) is 11.1 Å². The van der Waals surface area contributed by atoms with Crippen LogP contribution in [0.25, 0.3) is 11.1 Å². The summed E-state index contributed by atoms with van der Waals surface area (Å²) >= 11 is 0. The molecule has 0 bridgehead atoms. The number of ether oxygens (including phenoxy) is 2. The molecule has 2 atom stereocenters. The van der Waals surface area contributed by atoms with Gasteiger partial charge in [-0.2, -0.15) is 0 Å². The molecular formula is C26H32N2O5.